The molecule has 0 aliphatic carbocycles. The summed E-state index contributed by atoms with van der Waals surface area (Å²) in [5.41, 5.74) is -0.428. The quantitative estimate of drug-likeness (QED) is 0.789. The highest BCUT2D eigenvalue weighted by Crippen LogP contribution is 2.22. The smallest absolute Gasteiger partial charge is 0.410 e. The predicted molar refractivity (Wildman–Crippen MR) is 63.6 cm³/mol. The van der Waals surface area contributed by atoms with Gasteiger partial charge in [-0.15, -0.1) is 0 Å². The first kappa shape index (κ1) is 12.0. The third kappa shape index (κ3) is 2.99. The Hall–Kier alpha value is -1.52. The maximum Gasteiger partial charge on any atom is 0.410 e. The van der Waals surface area contributed by atoms with Crippen LogP contribution in [0.5, 0.6) is 0 Å². The summed E-state index contributed by atoms with van der Waals surface area (Å²) in [5, 5.41) is 4.14. The van der Waals surface area contributed by atoms with Crippen molar-refractivity contribution in [2.45, 2.75) is 45.4 Å². The minimum Gasteiger partial charge on any atom is -0.444 e. The Morgan fingerprint density at radius 2 is 2.29 bits per heavy atom. The third-order valence-electron chi connectivity index (χ3n) is 2.73. The summed E-state index contributed by atoms with van der Waals surface area (Å²) in [7, 11) is 0. The zero-order valence-electron chi connectivity index (χ0n) is 10.6. The van der Waals surface area contributed by atoms with Crippen molar-refractivity contribution < 1.29 is 9.53 Å². The Morgan fingerprint density at radius 1 is 1.53 bits per heavy atom. The number of ether oxygens (including phenoxy) is 1. The zero-order valence-corrected chi connectivity index (χ0v) is 10.6. The fourth-order valence-electron chi connectivity index (χ4n) is 1.82. The molecule has 0 unspecified atom stereocenters. The van der Waals surface area contributed by atoms with Gasteiger partial charge in [-0.3, -0.25) is 4.68 Å². The predicted octanol–water partition coefficient (Wildman–Crippen LogP) is 1.89. The third-order valence-corrected chi connectivity index (χ3v) is 2.73. The molecule has 0 aromatic carbocycles. The lowest BCUT2D eigenvalue weighted by Gasteiger charge is -2.41. The second-order valence-corrected chi connectivity index (χ2v) is 5.34. The lowest BCUT2D eigenvalue weighted by molar-refractivity contribution is -0.00883. The molecule has 1 aliphatic rings. The SMILES string of the molecule is CC(C)(C)OC(=O)N1CC[C@@H]1Cn1cccn1. The molecule has 1 amide bonds. The molecule has 1 saturated heterocycles. The van der Waals surface area contributed by atoms with Crippen molar-refractivity contribution in [3.8, 4) is 0 Å². The Labute approximate surface area is 101 Å². The Morgan fingerprint density at radius 3 is 2.76 bits per heavy atom. The number of nitrogens with zero attached hydrogens (tertiary/aromatic N) is 3. The van der Waals surface area contributed by atoms with Crippen LogP contribution in [-0.4, -0.2) is 39.0 Å². The lowest BCUT2D eigenvalue weighted by atomic mass is 10.0. The molecule has 1 aromatic rings. The highest BCUT2D eigenvalue weighted by Gasteiger charge is 2.35. The molecule has 5 nitrogen and oxygen atoms in total. The maximum atomic E-state index is 11.9. The summed E-state index contributed by atoms with van der Waals surface area (Å²) in [6.45, 7) is 7.17. The second kappa shape index (κ2) is 4.39. The number of rotatable bonds is 2. The van der Waals surface area contributed by atoms with Crippen molar-refractivity contribution in [2.75, 3.05) is 6.54 Å². The van der Waals surface area contributed by atoms with Gasteiger partial charge in [-0.25, -0.2) is 4.79 Å². The van der Waals surface area contributed by atoms with Crippen LogP contribution in [-0.2, 0) is 11.3 Å². The fourth-order valence-corrected chi connectivity index (χ4v) is 1.82. The Balaban J connectivity index is 1.88. The van der Waals surface area contributed by atoms with Crippen LogP contribution in [0.3, 0.4) is 0 Å². The zero-order chi connectivity index (χ0) is 12.5. The summed E-state index contributed by atoms with van der Waals surface area (Å²) in [6.07, 6.45) is 4.45. The summed E-state index contributed by atoms with van der Waals surface area (Å²) >= 11 is 0. The van der Waals surface area contributed by atoms with Gasteiger partial charge >= 0.3 is 6.09 Å². The summed E-state index contributed by atoms with van der Waals surface area (Å²) in [6, 6.07) is 2.10. The van der Waals surface area contributed by atoms with Gasteiger partial charge in [-0.05, 0) is 33.3 Å². The van der Waals surface area contributed by atoms with E-state index in [2.05, 4.69) is 5.10 Å². The van der Waals surface area contributed by atoms with E-state index in [1.54, 1.807) is 11.1 Å². The molecule has 1 aromatic heterocycles. The summed E-state index contributed by atoms with van der Waals surface area (Å²) in [5.74, 6) is 0. The van der Waals surface area contributed by atoms with Crippen molar-refractivity contribution >= 4 is 6.09 Å². The van der Waals surface area contributed by atoms with E-state index in [1.807, 2.05) is 37.7 Å². The molecule has 2 heterocycles. The molecule has 1 fully saturated rings. The van der Waals surface area contributed by atoms with Gasteiger partial charge in [0.05, 0.1) is 12.6 Å². The van der Waals surface area contributed by atoms with Crippen molar-refractivity contribution in [2.24, 2.45) is 0 Å². The van der Waals surface area contributed by atoms with Crippen LogP contribution >= 0.6 is 0 Å². The lowest BCUT2D eigenvalue weighted by Crippen LogP contribution is -2.54. The molecule has 5 heteroatoms. The van der Waals surface area contributed by atoms with Gasteiger partial charge in [-0.1, -0.05) is 0 Å². The first-order valence-corrected chi connectivity index (χ1v) is 5.93. The van der Waals surface area contributed by atoms with Crippen molar-refractivity contribution in [3.63, 3.8) is 0 Å². The molecule has 17 heavy (non-hydrogen) atoms. The first-order valence-electron chi connectivity index (χ1n) is 5.93. The fraction of sp³-hybridized carbons (Fsp3) is 0.667. The molecule has 1 aliphatic heterocycles. The van der Waals surface area contributed by atoms with Crippen LogP contribution in [0.2, 0.25) is 0 Å². The normalized spacial score (nSPS) is 19.9. The van der Waals surface area contributed by atoms with E-state index in [0.29, 0.717) is 0 Å². The van der Waals surface area contributed by atoms with E-state index in [1.165, 1.54) is 0 Å². The largest absolute Gasteiger partial charge is 0.444 e. The summed E-state index contributed by atoms with van der Waals surface area (Å²) in [4.78, 5) is 13.6. The number of aromatic nitrogens is 2. The van der Waals surface area contributed by atoms with Crippen LogP contribution in [0.4, 0.5) is 4.79 Å². The second-order valence-electron chi connectivity index (χ2n) is 5.34. The van der Waals surface area contributed by atoms with E-state index in [9.17, 15) is 4.79 Å². The van der Waals surface area contributed by atoms with E-state index in [-0.39, 0.29) is 12.1 Å². The average Bonchev–Trinajstić information content (AvgIpc) is 2.61. The van der Waals surface area contributed by atoms with Crippen molar-refractivity contribution in [3.05, 3.63) is 18.5 Å². The average molecular weight is 237 g/mol. The Bertz CT molecular complexity index is 381. The molecule has 2 rings (SSSR count). The van der Waals surface area contributed by atoms with Gasteiger partial charge in [0.25, 0.3) is 0 Å². The van der Waals surface area contributed by atoms with Gasteiger partial charge < -0.3 is 9.64 Å². The van der Waals surface area contributed by atoms with Gasteiger partial charge in [-0.2, -0.15) is 5.10 Å². The van der Waals surface area contributed by atoms with E-state index in [4.69, 9.17) is 4.74 Å². The van der Waals surface area contributed by atoms with Crippen LogP contribution in [0, 0.1) is 0 Å². The monoisotopic (exact) mass is 237 g/mol. The molecule has 0 bridgehead atoms. The van der Waals surface area contributed by atoms with Gasteiger partial charge in [0, 0.05) is 18.9 Å². The maximum absolute atomic E-state index is 11.9. The van der Waals surface area contributed by atoms with Crippen molar-refractivity contribution in [1.82, 2.24) is 14.7 Å². The van der Waals surface area contributed by atoms with Crippen LogP contribution in [0.1, 0.15) is 27.2 Å². The first-order chi connectivity index (χ1) is 7.96. The van der Waals surface area contributed by atoms with E-state index < -0.39 is 5.60 Å². The number of amides is 1. The minimum absolute atomic E-state index is 0.213. The number of carbonyl (C=O) groups is 1. The number of carbonyl (C=O) groups excluding carboxylic acids is 1. The number of hydrogen-bond acceptors (Lipinski definition) is 3. The van der Waals surface area contributed by atoms with Crippen molar-refractivity contribution in [1.29, 1.82) is 0 Å². The minimum atomic E-state index is -0.428. The van der Waals surface area contributed by atoms with Gasteiger partial charge in [0.2, 0.25) is 0 Å². The molecular formula is C12H19N3O2. The molecule has 0 N–H and O–H groups in total. The summed E-state index contributed by atoms with van der Waals surface area (Å²) < 4.78 is 7.20. The molecule has 0 spiro atoms. The van der Waals surface area contributed by atoms with Crippen LogP contribution in [0.15, 0.2) is 18.5 Å². The van der Waals surface area contributed by atoms with Crippen LogP contribution < -0.4 is 0 Å². The van der Waals surface area contributed by atoms with Gasteiger partial charge in [0.15, 0.2) is 0 Å². The number of hydrogen-bond donors (Lipinski definition) is 0. The molecule has 0 radical (unpaired) electrons. The van der Waals surface area contributed by atoms with Gasteiger partial charge in [0.1, 0.15) is 5.60 Å². The molecule has 0 saturated carbocycles. The topological polar surface area (TPSA) is 47.4 Å². The van der Waals surface area contributed by atoms with Crippen LogP contribution in [0.25, 0.3) is 0 Å². The Kier molecular flexibility index (Phi) is 3.09. The molecular weight excluding hydrogens is 218 g/mol. The molecule has 1 atom stereocenters. The standard InChI is InChI=1S/C12H19N3O2/c1-12(2,3)17-11(16)15-8-5-10(15)9-14-7-4-6-13-14/h4,6-7,10H,5,8-9H2,1-3H3/t10-/m1/s1. The van der Waals surface area contributed by atoms with E-state index >= 15 is 0 Å². The highest BCUT2D eigenvalue weighted by molar-refractivity contribution is 5.69. The van der Waals surface area contributed by atoms with E-state index in [0.717, 1.165) is 19.5 Å². The highest BCUT2D eigenvalue weighted by atomic mass is 16.6. The number of likely N-dealkylation sites (tertiary alicyclic amines) is 1. The molecule has 94 valence electrons.